The lowest BCUT2D eigenvalue weighted by Gasteiger charge is -2.36. The third kappa shape index (κ3) is 1.41. The largest absolute Gasteiger partial charge is 0.301 e. The Labute approximate surface area is 74.8 Å². The third-order valence-corrected chi connectivity index (χ3v) is 3.09. The molecule has 0 spiro atoms. The van der Waals surface area contributed by atoms with Crippen LogP contribution in [0, 0.1) is 0 Å². The molecule has 68 valence electrons. The van der Waals surface area contributed by atoms with Crippen LogP contribution in [0.15, 0.2) is 12.2 Å². The van der Waals surface area contributed by atoms with Crippen molar-refractivity contribution >= 4 is 0 Å². The highest BCUT2D eigenvalue weighted by molar-refractivity contribution is 5.09. The molecule has 0 amide bonds. The fraction of sp³-hybridized carbons (Fsp3) is 0.800. The Morgan fingerprint density at radius 2 is 2.33 bits per heavy atom. The van der Waals surface area contributed by atoms with Crippen LogP contribution in [0.5, 0.6) is 0 Å². The zero-order valence-corrected chi connectivity index (χ0v) is 7.92. The molecule has 0 aromatic rings. The zero-order valence-electron chi connectivity index (χ0n) is 7.92. The Bertz CT molecular complexity index is 188. The van der Waals surface area contributed by atoms with E-state index in [0.29, 0.717) is 0 Å². The Morgan fingerprint density at radius 3 is 3.08 bits per heavy atom. The molecule has 1 atom stereocenters. The summed E-state index contributed by atoms with van der Waals surface area (Å²) in [6.45, 7) is 12.4. The zero-order chi connectivity index (χ0) is 8.55. The molecule has 0 aliphatic carbocycles. The van der Waals surface area contributed by atoms with Gasteiger partial charge < -0.3 is 4.90 Å². The normalized spacial score (nSPS) is 32.4. The fourth-order valence-corrected chi connectivity index (χ4v) is 2.33. The number of fused-ring (bicyclic) bond motifs is 1. The second-order valence-electron chi connectivity index (χ2n) is 3.97. The molecule has 12 heavy (non-hydrogen) atoms. The maximum atomic E-state index is 4.07. The predicted octanol–water partition coefficient (Wildman–Crippen LogP) is 0.952. The molecule has 0 saturated carbocycles. The topological polar surface area (TPSA) is 6.48 Å². The Morgan fingerprint density at radius 1 is 1.50 bits per heavy atom. The number of hydrogen-bond donors (Lipinski definition) is 0. The minimum absolute atomic E-state index is 0.784. The van der Waals surface area contributed by atoms with Gasteiger partial charge in [0, 0.05) is 32.2 Å². The smallest absolute Gasteiger partial charge is 0.0264 e. The van der Waals surface area contributed by atoms with Crippen molar-refractivity contribution in [3.8, 4) is 0 Å². The molecule has 2 rings (SSSR count). The van der Waals surface area contributed by atoms with Crippen LogP contribution in [0.2, 0.25) is 0 Å². The van der Waals surface area contributed by atoms with Crippen LogP contribution in [0.3, 0.4) is 0 Å². The fourth-order valence-electron chi connectivity index (χ4n) is 2.33. The minimum Gasteiger partial charge on any atom is -0.301 e. The van der Waals surface area contributed by atoms with E-state index in [-0.39, 0.29) is 0 Å². The van der Waals surface area contributed by atoms with Gasteiger partial charge in [-0.2, -0.15) is 0 Å². The van der Waals surface area contributed by atoms with Gasteiger partial charge in [-0.05, 0) is 13.0 Å². The average Bonchev–Trinajstić information content (AvgIpc) is 2.43. The first-order valence-corrected chi connectivity index (χ1v) is 4.92. The Balaban J connectivity index is 1.97. The molecule has 0 radical (unpaired) electrons. The van der Waals surface area contributed by atoms with E-state index >= 15 is 0 Å². The van der Waals surface area contributed by atoms with Crippen molar-refractivity contribution in [2.75, 3.05) is 32.7 Å². The first kappa shape index (κ1) is 8.27. The van der Waals surface area contributed by atoms with Crippen molar-refractivity contribution in [3.05, 3.63) is 12.2 Å². The molecule has 0 N–H and O–H groups in total. The van der Waals surface area contributed by atoms with Crippen molar-refractivity contribution in [1.29, 1.82) is 0 Å². The van der Waals surface area contributed by atoms with E-state index in [9.17, 15) is 0 Å². The van der Waals surface area contributed by atoms with Gasteiger partial charge in [0.15, 0.2) is 0 Å². The molecule has 2 fully saturated rings. The standard InChI is InChI=1S/C10H18N2/c1-3-11-4-5-12-7-9(2)6-10(12)8-11/h10H,2-8H2,1H3. The summed E-state index contributed by atoms with van der Waals surface area (Å²) in [6.07, 6.45) is 1.23. The van der Waals surface area contributed by atoms with Crippen molar-refractivity contribution in [2.24, 2.45) is 0 Å². The summed E-state index contributed by atoms with van der Waals surface area (Å²) in [5.41, 5.74) is 1.43. The van der Waals surface area contributed by atoms with Crippen LogP contribution in [0.1, 0.15) is 13.3 Å². The van der Waals surface area contributed by atoms with Gasteiger partial charge in [0.1, 0.15) is 0 Å². The van der Waals surface area contributed by atoms with Crippen molar-refractivity contribution < 1.29 is 0 Å². The highest BCUT2D eigenvalue weighted by Crippen LogP contribution is 2.24. The van der Waals surface area contributed by atoms with Gasteiger partial charge in [0.25, 0.3) is 0 Å². The second-order valence-corrected chi connectivity index (χ2v) is 3.97. The van der Waals surface area contributed by atoms with E-state index in [0.717, 1.165) is 12.6 Å². The number of likely N-dealkylation sites (N-methyl/N-ethyl adjacent to an activating group) is 1. The van der Waals surface area contributed by atoms with Crippen LogP contribution in [-0.2, 0) is 0 Å². The van der Waals surface area contributed by atoms with Crippen LogP contribution >= 0.6 is 0 Å². The summed E-state index contributed by atoms with van der Waals surface area (Å²) in [4.78, 5) is 5.12. The Hall–Kier alpha value is -0.340. The van der Waals surface area contributed by atoms with Gasteiger partial charge in [-0.3, -0.25) is 4.90 Å². The summed E-state index contributed by atoms with van der Waals surface area (Å²) in [5, 5.41) is 0. The molecular formula is C10H18N2. The maximum absolute atomic E-state index is 4.07. The van der Waals surface area contributed by atoms with Gasteiger partial charge >= 0.3 is 0 Å². The molecule has 1 unspecified atom stereocenters. The summed E-state index contributed by atoms with van der Waals surface area (Å²) >= 11 is 0. The highest BCUT2D eigenvalue weighted by Gasteiger charge is 2.31. The predicted molar refractivity (Wildman–Crippen MR) is 51.2 cm³/mol. The summed E-state index contributed by atoms with van der Waals surface area (Å²) in [6, 6.07) is 0.784. The van der Waals surface area contributed by atoms with E-state index in [1.54, 1.807) is 0 Å². The van der Waals surface area contributed by atoms with Crippen LogP contribution in [0.25, 0.3) is 0 Å². The van der Waals surface area contributed by atoms with E-state index in [1.807, 2.05) is 0 Å². The SMILES string of the molecule is C=C1CC2CN(CC)CCN2C1. The molecule has 2 heteroatoms. The van der Waals surface area contributed by atoms with Crippen molar-refractivity contribution in [1.82, 2.24) is 9.80 Å². The highest BCUT2D eigenvalue weighted by atomic mass is 15.3. The van der Waals surface area contributed by atoms with E-state index in [1.165, 1.54) is 38.2 Å². The van der Waals surface area contributed by atoms with E-state index in [2.05, 4.69) is 23.3 Å². The quantitative estimate of drug-likeness (QED) is 0.535. The first-order chi connectivity index (χ1) is 5.79. The molecule has 0 bridgehead atoms. The third-order valence-electron chi connectivity index (χ3n) is 3.09. The van der Waals surface area contributed by atoms with E-state index in [4.69, 9.17) is 0 Å². The van der Waals surface area contributed by atoms with Gasteiger partial charge in [0.2, 0.25) is 0 Å². The van der Waals surface area contributed by atoms with Crippen molar-refractivity contribution in [3.63, 3.8) is 0 Å². The lowest BCUT2D eigenvalue weighted by atomic mass is 10.1. The number of nitrogens with zero attached hydrogens (tertiary/aromatic N) is 2. The molecule has 0 aromatic heterocycles. The lowest BCUT2D eigenvalue weighted by Crippen LogP contribution is -2.49. The minimum atomic E-state index is 0.784. The lowest BCUT2D eigenvalue weighted by molar-refractivity contribution is 0.109. The molecule has 0 aromatic carbocycles. The molecule has 2 saturated heterocycles. The Kier molecular flexibility index (Phi) is 2.20. The maximum Gasteiger partial charge on any atom is 0.0264 e. The summed E-state index contributed by atoms with van der Waals surface area (Å²) in [5.74, 6) is 0. The van der Waals surface area contributed by atoms with Gasteiger partial charge in [-0.15, -0.1) is 0 Å². The van der Waals surface area contributed by atoms with Crippen LogP contribution in [-0.4, -0.2) is 48.6 Å². The summed E-state index contributed by atoms with van der Waals surface area (Å²) in [7, 11) is 0. The van der Waals surface area contributed by atoms with Crippen molar-refractivity contribution in [2.45, 2.75) is 19.4 Å². The van der Waals surface area contributed by atoms with Gasteiger partial charge in [0.05, 0.1) is 0 Å². The molecule has 2 nitrogen and oxygen atoms in total. The van der Waals surface area contributed by atoms with Crippen LogP contribution in [0.4, 0.5) is 0 Å². The van der Waals surface area contributed by atoms with E-state index < -0.39 is 0 Å². The molecule has 2 aliphatic heterocycles. The monoisotopic (exact) mass is 166 g/mol. The van der Waals surface area contributed by atoms with Crippen LogP contribution < -0.4 is 0 Å². The number of hydrogen-bond acceptors (Lipinski definition) is 2. The first-order valence-electron chi connectivity index (χ1n) is 4.92. The van der Waals surface area contributed by atoms with Gasteiger partial charge in [-0.1, -0.05) is 19.1 Å². The molecular weight excluding hydrogens is 148 g/mol. The molecule has 2 aliphatic rings. The average molecular weight is 166 g/mol. The number of piperazine rings is 1. The van der Waals surface area contributed by atoms with Gasteiger partial charge in [-0.25, -0.2) is 0 Å². The molecule has 2 heterocycles. The summed E-state index contributed by atoms with van der Waals surface area (Å²) < 4.78 is 0. The second kappa shape index (κ2) is 3.19. The number of rotatable bonds is 1.